The molecule has 0 atom stereocenters. The summed E-state index contributed by atoms with van der Waals surface area (Å²) in [6, 6.07) is 10.7. The minimum Gasteiger partial charge on any atom is -0.378 e. The third-order valence-corrected chi connectivity index (χ3v) is 4.56. The molecule has 0 bridgehead atoms. The number of nitrogens with two attached hydrogens (primary N) is 1. The highest BCUT2D eigenvalue weighted by atomic mass is 16.5. The number of unbranched alkanes of at least 4 members (excludes halogenated alkanes) is 1. The Balaban J connectivity index is 1.51. The van der Waals surface area contributed by atoms with Gasteiger partial charge in [-0.15, -0.1) is 0 Å². The third kappa shape index (κ3) is 8.36. The second kappa shape index (κ2) is 11.9. The van der Waals surface area contributed by atoms with Crippen molar-refractivity contribution >= 4 is 5.96 Å². The van der Waals surface area contributed by atoms with Gasteiger partial charge in [0, 0.05) is 39.3 Å². The van der Waals surface area contributed by atoms with Crippen LogP contribution in [-0.2, 0) is 11.3 Å². The molecule has 1 aromatic carbocycles. The van der Waals surface area contributed by atoms with E-state index in [4.69, 9.17) is 10.5 Å². The van der Waals surface area contributed by atoms with Gasteiger partial charge >= 0.3 is 0 Å². The summed E-state index contributed by atoms with van der Waals surface area (Å²) < 4.78 is 6.00. The molecule has 2 rings (SSSR count). The van der Waals surface area contributed by atoms with Crippen LogP contribution in [0.25, 0.3) is 0 Å². The smallest absolute Gasteiger partial charge is 0.188 e. The number of aliphatic imine (C=N–C) groups is 1. The van der Waals surface area contributed by atoms with E-state index in [2.05, 4.69) is 52.5 Å². The van der Waals surface area contributed by atoms with Crippen LogP contribution < -0.4 is 11.1 Å². The molecular formula is C20H34N4O. The van der Waals surface area contributed by atoms with Crippen molar-refractivity contribution in [1.82, 2.24) is 10.2 Å². The molecule has 1 saturated heterocycles. The number of guanidine groups is 1. The summed E-state index contributed by atoms with van der Waals surface area (Å²) in [4.78, 5) is 6.85. The van der Waals surface area contributed by atoms with Crippen molar-refractivity contribution in [2.45, 2.75) is 51.7 Å². The van der Waals surface area contributed by atoms with Crippen molar-refractivity contribution in [1.29, 1.82) is 0 Å². The Bertz CT molecular complexity index is 484. The lowest BCUT2D eigenvalue weighted by molar-refractivity contribution is 0.00566. The van der Waals surface area contributed by atoms with Crippen molar-refractivity contribution in [2.24, 2.45) is 10.7 Å². The van der Waals surface area contributed by atoms with Crippen LogP contribution in [0.4, 0.5) is 0 Å². The summed E-state index contributed by atoms with van der Waals surface area (Å²) in [7, 11) is 0. The molecule has 0 unspecified atom stereocenters. The summed E-state index contributed by atoms with van der Waals surface area (Å²) in [5, 5.41) is 3.13. The lowest BCUT2D eigenvalue weighted by Gasteiger charge is -2.31. The number of piperidine rings is 1. The Kier molecular flexibility index (Phi) is 9.37. The summed E-state index contributed by atoms with van der Waals surface area (Å²) in [6.45, 7) is 7.86. The van der Waals surface area contributed by atoms with Crippen LogP contribution in [0.15, 0.2) is 35.3 Å². The van der Waals surface area contributed by atoms with Gasteiger partial charge in [0.05, 0.1) is 6.10 Å². The molecule has 0 aromatic heterocycles. The number of hydrogen-bond acceptors (Lipinski definition) is 3. The quantitative estimate of drug-likeness (QED) is 0.388. The lowest BCUT2D eigenvalue weighted by atomic mass is 10.1. The molecule has 25 heavy (non-hydrogen) atoms. The van der Waals surface area contributed by atoms with Gasteiger partial charge in [0.25, 0.3) is 0 Å². The molecule has 0 aliphatic carbocycles. The van der Waals surface area contributed by atoms with Crippen LogP contribution >= 0.6 is 0 Å². The molecule has 1 fully saturated rings. The van der Waals surface area contributed by atoms with Crippen LogP contribution in [-0.4, -0.2) is 49.7 Å². The topological polar surface area (TPSA) is 62.9 Å². The molecule has 0 spiro atoms. The molecule has 140 valence electrons. The Hall–Kier alpha value is -1.59. The fourth-order valence-electron chi connectivity index (χ4n) is 3.04. The van der Waals surface area contributed by atoms with Crippen molar-refractivity contribution in [3.8, 4) is 0 Å². The van der Waals surface area contributed by atoms with Gasteiger partial charge in [-0.2, -0.15) is 0 Å². The predicted molar refractivity (Wildman–Crippen MR) is 105 cm³/mol. The maximum absolute atomic E-state index is 6.00. The molecule has 3 N–H and O–H groups in total. The largest absolute Gasteiger partial charge is 0.378 e. The fraction of sp³-hybridized carbons (Fsp3) is 0.650. The zero-order valence-corrected chi connectivity index (χ0v) is 15.6. The van der Waals surface area contributed by atoms with Crippen LogP contribution in [0.1, 0.15) is 44.6 Å². The number of nitrogens with zero attached hydrogens (tertiary/aromatic N) is 2. The SMILES string of the molecule is CCCCNC(N)=NCCCOC1CCN(Cc2ccccc2)CC1. The van der Waals surface area contributed by atoms with Crippen molar-refractivity contribution in [3.05, 3.63) is 35.9 Å². The zero-order valence-electron chi connectivity index (χ0n) is 15.6. The van der Waals surface area contributed by atoms with Gasteiger partial charge in [-0.05, 0) is 31.2 Å². The Morgan fingerprint density at radius 2 is 2.00 bits per heavy atom. The van der Waals surface area contributed by atoms with E-state index < -0.39 is 0 Å². The first-order valence-corrected chi connectivity index (χ1v) is 9.69. The van der Waals surface area contributed by atoms with Crippen molar-refractivity contribution < 1.29 is 4.74 Å². The number of hydrogen-bond donors (Lipinski definition) is 2. The Labute approximate surface area is 152 Å². The lowest BCUT2D eigenvalue weighted by Crippen LogP contribution is -2.36. The normalized spacial score (nSPS) is 16.9. The van der Waals surface area contributed by atoms with E-state index in [0.29, 0.717) is 12.1 Å². The molecule has 0 radical (unpaired) electrons. The minimum atomic E-state index is 0.399. The third-order valence-electron chi connectivity index (χ3n) is 4.56. The van der Waals surface area contributed by atoms with Gasteiger partial charge < -0.3 is 15.8 Å². The standard InChI is InChI=1S/C20H34N4O/c1-2-3-12-22-20(21)23-13-7-16-25-19-10-14-24(15-11-19)17-18-8-5-4-6-9-18/h4-6,8-9,19H,2-3,7,10-17H2,1H3,(H3,21,22,23). The summed E-state index contributed by atoms with van der Waals surface area (Å²) >= 11 is 0. The molecule has 0 amide bonds. The second-order valence-corrected chi connectivity index (χ2v) is 6.73. The zero-order chi connectivity index (χ0) is 17.7. The van der Waals surface area contributed by atoms with E-state index in [-0.39, 0.29) is 0 Å². The fourth-order valence-corrected chi connectivity index (χ4v) is 3.04. The average Bonchev–Trinajstić information content (AvgIpc) is 2.64. The monoisotopic (exact) mass is 346 g/mol. The van der Waals surface area contributed by atoms with E-state index >= 15 is 0 Å². The van der Waals surface area contributed by atoms with Crippen LogP contribution in [0.5, 0.6) is 0 Å². The molecule has 1 aliphatic heterocycles. The highest BCUT2D eigenvalue weighted by molar-refractivity contribution is 5.77. The van der Waals surface area contributed by atoms with Gasteiger partial charge in [0.2, 0.25) is 0 Å². The van der Waals surface area contributed by atoms with Gasteiger partial charge in [-0.1, -0.05) is 43.7 Å². The first kappa shape index (κ1) is 19.7. The minimum absolute atomic E-state index is 0.399. The summed E-state index contributed by atoms with van der Waals surface area (Å²) in [5.74, 6) is 0.558. The van der Waals surface area contributed by atoms with E-state index in [1.807, 2.05) is 0 Å². The number of likely N-dealkylation sites (tertiary alicyclic amines) is 1. The maximum atomic E-state index is 6.00. The predicted octanol–water partition coefficient (Wildman–Crippen LogP) is 2.76. The first-order valence-electron chi connectivity index (χ1n) is 9.69. The number of rotatable bonds is 10. The van der Waals surface area contributed by atoms with Crippen molar-refractivity contribution in [2.75, 3.05) is 32.8 Å². The average molecular weight is 347 g/mol. The highest BCUT2D eigenvalue weighted by Crippen LogP contribution is 2.16. The van der Waals surface area contributed by atoms with E-state index in [0.717, 1.165) is 71.4 Å². The molecule has 1 heterocycles. The van der Waals surface area contributed by atoms with Gasteiger partial charge in [0.15, 0.2) is 5.96 Å². The first-order chi connectivity index (χ1) is 12.3. The maximum Gasteiger partial charge on any atom is 0.188 e. The molecular weight excluding hydrogens is 312 g/mol. The van der Waals surface area contributed by atoms with Crippen LogP contribution in [0.3, 0.4) is 0 Å². The summed E-state index contributed by atoms with van der Waals surface area (Å²) in [5.41, 5.74) is 7.20. The highest BCUT2D eigenvalue weighted by Gasteiger charge is 2.19. The van der Waals surface area contributed by atoms with E-state index in [9.17, 15) is 0 Å². The second-order valence-electron chi connectivity index (χ2n) is 6.73. The van der Waals surface area contributed by atoms with Gasteiger partial charge in [-0.3, -0.25) is 9.89 Å². The Morgan fingerprint density at radius 3 is 2.72 bits per heavy atom. The van der Waals surface area contributed by atoms with Crippen LogP contribution in [0, 0.1) is 0 Å². The molecule has 5 nitrogen and oxygen atoms in total. The Morgan fingerprint density at radius 1 is 1.24 bits per heavy atom. The number of benzene rings is 1. The van der Waals surface area contributed by atoms with E-state index in [1.165, 1.54) is 5.56 Å². The van der Waals surface area contributed by atoms with Gasteiger partial charge in [0.1, 0.15) is 0 Å². The number of ether oxygens (including phenoxy) is 1. The molecule has 5 heteroatoms. The van der Waals surface area contributed by atoms with Gasteiger partial charge in [-0.25, -0.2) is 0 Å². The summed E-state index contributed by atoms with van der Waals surface area (Å²) in [6.07, 6.45) is 5.87. The van der Waals surface area contributed by atoms with Crippen LogP contribution in [0.2, 0.25) is 0 Å². The van der Waals surface area contributed by atoms with E-state index in [1.54, 1.807) is 0 Å². The van der Waals surface area contributed by atoms with Crippen molar-refractivity contribution in [3.63, 3.8) is 0 Å². The molecule has 1 aliphatic rings. The number of nitrogens with one attached hydrogen (secondary N) is 1. The molecule has 1 aromatic rings. The molecule has 0 saturated carbocycles.